The summed E-state index contributed by atoms with van der Waals surface area (Å²) in [6, 6.07) is 2.57. The number of methoxy groups -OCH3 is 1. The smallest absolute Gasteiger partial charge is 0.336 e. The third kappa shape index (κ3) is 3.01. The van der Waals surface area contributed by atoms with E-state index in [1.807, 2.05) is 0 Å². The SMILES string of the molecule is COC(=O)[C@@H](N)Cc1c(F)cccc1C(=O)O. The molecule has 0 aliphatic carbocycles. The Labute approximate surface area is 97.0 Å². The van der Waals surface area contributed by atoms with E-state index in [1.54, 1.807) is 0 Å². The number of ether oxygens (including phenoxy) is 1. The zero-order valence-corrected chi connectivity index (χ0v) is 9.14. The van der Waals surface area contributed by atoms with Crippen LogP contribution in [0.1, 0.15) is 15.9 Å². The van der Waals surface area contributed by atoms with Gasteiger partial charge in [-0.3, -0.25) is 4.79 Å². The number of hydrogen-bond donors (Lipinski definition) is 2. The fraction of sp³-hybridized carbons (Fsp3) is 0.273. The van der Waals surface area contributed by atoms with Gasteiger partial charge in [0.25, 0.3) is 0 Å². The van der Waals surface area contributed by atoms with Crippen molar-refractivity contribution >= 4 is 11.9 Å². The first-order valence-electron chi connectivity index (χ1n) is 4.81. The zero-order chi connectivity index (χ0) is 13.0. The molecule has 0 spiro atoms. The molecule has 0 aliphatic rings. The van der Waals surface area contributed by atoms with Gasteiger partial charge in [0.05, 0.1) is 12.7 Å². The van der Waals surface area contributed by atoms with Gasteiger partial charge in [0, 0.05) is 12.0 Å². The number of esters is 1. The van der Waals surface area contributed by atoms with E-state index in [1.165, 1.54) is 12.1 Å². The second kappa shape index (κ2) is 5.40. The van der Waals surface area contributed by atoms with Crippen molar-refractivity contribution in [2.45, 2.75) is 12.5 Å². The van der Waals surface area contributed by atoms with Gasteiger partial charge in [0.1, 0.15) is 11.9 Å². The zero-order valence-electron chi connectivity index (χ0n) is 9.14. The van der Waals surface area contributed by atoms with E-state index in [0.717, 1.165) is 13.2 Å². The number of carboxylic acid groups (broad SMARTS) is 1. The third-order valence-corrected chi connectivity index (χ3v) is 2.28. The van der Waals surface area contributed by atoms with E-state index in [2.05, 4.69) is 4.74 Å². The molecule has 0 radical (unpaired) electrons. The van der Waals surface area contributed by atoms with E-state index >= 15 is 0 Å². The number of rotatable bonds is 4. The van der Waals surface area contributed by atoms with Gasteiger partial charge in [-0.05, 0) is 12.1 Å². The second-order valence-electron chi connectivity index (χ2n) is 3.40. The van der Waals surface area contributed by atoms with Crippen molar-refractivity contribution in [1.82, 2.24) is 0 Å². The molecule has 1 atom stereocenters. The molecule has 6 heteroatoms. The number of carboxylic acids is 1. The van der Waals surface area contributed by atoms with E-state index < -0.39 is 23.8 Å². The van der Waals surface area contributed by atoms with Crippen LogP contribution in [0.2, 0.25) is 0 Å². The van der Waals surface area contributed by atoms with Crippen molar-refractivity contribution in [3.63, 3.8) is 0 Å². The number of benzene rings is 1. The maximum Gasteiger partial charge on any atom is 0.336 e. The summed E-state index contributed by atoms with van der Waals surface area (Å²) in [5.74, 6) is -2.69. The summed E-state index contributed by atoms with van der Waals surface area (Å²) in [7, 11) is 1.15. The Bertz CT molecular complexity index is 447. The Morgan fingerprint density at radius 2 is 2.18 bits per heavy atom. The summed E-state index contributed by atoms with van der Waals surface area (Å²) in [4.78, 5) is 22.0. The molecule has 92 valence electrons. The number of hydrogen-bond acceptors (Lipinski definition) is 4. The van der Waals surface area contributed by atoms with Gasteiger partial charge in [-0.2, -0.15) is 0 Å². The number of aromatic carboxylic acids is 1. The fourth-order valence-electron chi connectivity index (χ4n) is 1.42. The highest BCUT2D eigenvalue weighted by Gasteiger charge is 2.21. The third-order valence-electron chi connectivity index (χ3n) is 2.28. The molecule has 0 bridgehead atoms. The van der Waals surface area contributed by atoms with Gasteiger partial charge in [-0.1, -0.05) is 6.07 Å². The van der Waals surface area contributed by atoms with Crippen molar-refractivity contribution < 1.29 is 23.8 Å². The minimum absolute atomic E-state index is 0.0992. The average molecular weight is 241 g/mol. The molecule has 0 saturated carbocycles. The Morgan fingerprint density at radius 1 is 1.53 bits per heavy atom. The summed E-state index contributed by atoms with van der Waals surface area (Å²) in [6.45, 7) is 0. The Balaban J connectivity index is 3.05. The van der Waals surface area contributed by atoms with Crippen molar-refractivity contribution in [2.75, 3.05) is 7.11 Å². The summed E-state index contributed by atoms with van der Waals surface area (Å²) in [6.07, 6.45) is -0.221. The first-order chi connectivity index (χ1) is 7.97. The molecule has 1 aromatic carbocycles. The maximum absolute atomic E-state index is 13.5. The van der Waals surface area contributed by atoms with E-state index in [9.17, 15) is 14.0 Å². The normalized spacial score (nSPS) is 11.9. The molecule has 0 unspecified atom stereocenters. The number of carbonyl (C=O) groups excluding carboxylic acids is 1. The van der Waals surface area contributed by atoms with Crippen LogP contribution in [-0.2, 0) is 16.0 Å². The molecule has 0 aromatic heterocycles. The predicted octanol–water partition coefficient (Wildman–Crippen LogP) is 0.567. The summed E-state index contributed by atoms with van der Waals surface area (Å²) in [5.41, 5.74) is 5.16. The molecule has 0 amide bonds. The van der Waals surface area contributed by atoms with Gasteiger partial charge < -0.3 is 15.6 Å². The van der Waals surface area contributed by atoms with Crippen molar-refractivity contribution in [1.29, 1.82) is 0 Å². The summed E-state index contributed by atoms with van der Waals surface area (Å²) >= 11 is 0. The first-order valence-corrected chi connectivity index (χ1v) is 4.81. The summed E-state index contributed by atoms with van der Waals surface area (Å²) in [5, 5.41) is 8.88. The predicted molar refractivity (Wildman–Crippen MR) is 57.1 cm³/mol. The van der Waals surface area contributed by atoms with Gasteiger partial charge >= 0.3 is 11.9 Å². The van der Waals surface area contributed by atoms with Crippen LogP contribution >= 0.6 is 0 Å². The standard InChI is InChI=1S/C11H12FNO4/c1-17-11(16)9(13)5-7-6(10(14)15)3-2-4-8(7)12/h2-4,9H,5,13H2,1H3,(H,14,15)/t9-/m0/s1. The maximum atomic E-state index is 13.5. The van der Waals surface area contributed by atoms with Gasteiger partial charge in [0.15, 0.2) is 0 Å². The monoisotopic (exact) mass is 241 g/mol. The molecule has 0 aliphatic heterocycles. The van der Waals surface area contributed by atoms with Crippen LogP contribution in [0.4, 0.5) is 4.39 Å². The van der Waals surface area contributed by atoms with E-state index in [-0.39, 0.29) is 17.5 Å². The summed E-state index contributed by atoms with van der Waals surface area (Å²) < 4.78 is 17.9. The average Bonchev–Trinajstić information content (AvgIpc) is 2.30. The lowest BCUT2D eigenvalue weighted by molar-refractivity contribution is -0.142. The van der Waals surface area contributed by atoms with E-state index in [4.69, 9.17) is 10.8 Å². The van der Waals surface area contributed by atoms with E-state index in [0.29, 0.717) is 0 Å². The van der Waals surface area contributed by atoms with Gasteiger partial charge in [0.2, 0.25) is 0 Å². The van der Waals surface area contributed by atoms with Crippen molar-refractivity contribution in [3.05, 3.63) is 35.1 Å². The molecular formula is C11H12FNO4. The van der Waals surface area contributed by atoms with Gasteiger partial charge in [-0.15, -0.1) is 0 Å². The molecule has 5 nitrogen and oxygen atoms in total. The largest absolute Gasteiger partial charge is 0.478 e. The Hall–Kier alpha value is -1.95. The number of carbonyl (C=O) groups is 2. The molecule has 17 heavy (non-hydrogen) atoms. The molecule has 1 rings (SSSR count). The highest BCUT2D eigenvalue weighted by molar-refractivity contribution is 5.89. The van der Waals surface area contributed by atoms with Crippen LogP contribution < -0.4 is 5.73 Å². The first kappa shape index (κ1) is 13.1. The van der Waals surface area contributed by atoms with Crippen LogP contribution in [0.5, 0.6) is 0 Å². The lowest BCUT2D eigenvalue weighted by atomic mass is 10.00. The topological polar surface area (TPSA) is 89.6 Å². The molecule has 0 fully saturated rings. The number of nitrogens with two attached hydrogens (primary N) is 1. The van der Waals surface area contributed by atoms with Crippen LogP contribution in [0.3, 0.4) is 0 Å². The molecule has 1 aromatic rings. The number of halogens is 1. The second-order valence-corrected chi connectivity index (χ2v) is 3.40. The highest BCUT2D eigenvalue weighted by Crippen LogP contribution is 2.15. The van der Waals surface area contributed by atoms with Crippen molar-refractivity contribution in [3.8, 4) is 0 Å². The highest BCUT2D eigenvalue weighted by atomic mass is 19.1. The van der Waals surface area contributed by atoms with Crippen LogP contribution in [0, 0.1) is 5.82 Å². The van der Waals surface area contributed by atoms with Crippen LogP contribution in [0.25, 0.3) is 0 Å². The molecular weight excluding hydrogens is 229 g/mol. The Morgan fingerprint density at radius 3 is 2.71 bits per heavy atom. The Kier molecular flexibility index (Phi) is 4.17. The van der Waals surface area contributed by atoms with Crippen molar-refractivity contribution in [2.24, 2.45) is 5.73 Å². The van der Waals surface area contributed by atoms with Crippen LogP contribution in [0.15, 0.2) is 18.2 Å². The van der Waals surface area contributed by atoms with Crippen LogP contribution in [-0.4, -0.2) is 30.2 Å². The lowest BCUT2D eigenvalue weighted by Gasteiger charge is -2.11. The van der Waals surface area contributed by atoms with Gasteiger partial charge in [-0.25, -0.2) is 9.18 Å². The quantitative estimate of drug-likeness (QED) is 0.752. The fourth-order valence-corrected chi connectivity index (χ4v) is 1.42. The lowest BCUT2D eigenvalue weighted by Crippen LogP contribution is -2.34. The molecule has 3 N–H and O–H groups in total. The minimum Gasteiger partial charge on any atom is -0.478 e. The molecule has 0 heterocycles. The molecule has 0 saturated heterocycles. The minimum atomic E-state index is -1.27.